The molecule has 0 bridgehead atoms. The van der Waals surface area contributed by atoms with E-state index >= 15 is 0 Å². The molecule has 1 heterocycles. The maximum atomic E-state index is 12.7. The van der Waals surface area contributed by atoms with Gasteiger partial charge in [0.05, 0.1) is 22.3 Å². The van der Waals surface area contributed by atoms with Gasteiger partial charge in [0.15, 0.2) is 0 Å². The van der Waals surface area contributed by atoms with E-state index in [-0.39, 0.29) is 16.8 Å². The van der Waals surface area contributed by atoms with Crippen molar-refractivity contribution < 1.29 is 13.2 Å². The number of anilines is 1. The molecule has 0 saturated heterocycles. The molecule has 3 rings (SSSR count). The summed E-state index contributed by atoms with van der Waals surface area (Å²) >= 11 is 0. The summed E-state index contributed by atoms with van der Waals surface area (Å²) in [5.41, 5.74) is 14.1. The maximum Gasteiger partial charge on any atom is 0.264 e. The molecule has 0 spiro atoms. The van der Waals surface area contributed by atoms with E-state index in [1.165, 1.54) is 12.1 Å². The first-order valence-electron chi connectivity index (χ1n) is 9.78. The number of benzene rings is 2. The molecule has 2 aromatic carbocycles. The zero-order valence-corrected chi connectivity index (χ0v) is 18.1. The summed E-state index contributed by atoms with van der Waals surface area (Å²) in [4.78, 5) is 20.6. The first-order valence-corrected chi connectivity index (χ1v) is 11.3. The number of sulfonamides is 1. The number of amides is 1. The highest BCUT2D eigenvalue weighted by Gasteiger charge is 2.23. The minimum absolute atomic E-state index is 0.0672. The molecule has 5 N–H and O–H groups in total. The molecule has 8 nitrogen and oxygen atoms in total. The Morgan fingerprint density at radius 2 is 1.58 bits per heavy atom. The Hall–Kier alpha value is -3.30. The molecular weight excluding hydrogens is 414 g/mol. The van der Waals surface area contributed by atoms with Gasteiger partial charge in [-0.05, 0) is 30.5 Å². The van der Waals surface area contributed by atoms with E-state index in [4.69, 9.17) is 11.5 Å². The molecule has 0 unspecified atom stereocenters. The van der Waals surface area contributed by atoms with Gasteiger partial charge < -0.3 is 11.5 Å². The summed E-state index contributed by atoms with van der Waals surface area (Å²) in [5.74, 6) is -0.511. The van der Waals surface area contributed by atoms with Crippen molar-refractivity contribution in [2.24, 2.45) is 11.7 Å². The van der Waals surface area contributed by atoms with Crippen molar-refractivity contribution in [3.05, 3.63) is 60.7 Å². The van der Waals surface area contributed by atoms with Gasteiger partial charge in [-0.1, -0.05) is 56.3 Å². The molecule has 9 heteroatoms. The number of aromatic nitrogens is 2. The summed E-state index contributed by atoms with van der Waals surface area (Å²) in [7, 11) is -4.10. The second-order valence-electron chi connectivity index (χ2n) is 7.60. The topological polar surface area (TPSA) is 141 Å². The first-order chi connectivity index (χ1) is 14.7. The number of nitrogen functional groups attached to an aromatic ring is 1. The number of carbonyl (C=O) groups is 1. The third-order valence-electron chi connectivity index (χ3n) is 4.55. The van der Waals surface area contributed by atoms with Crippen LogP contribution in [0.4, 0.5) is 5.95 Å². The van der Waals surface area contributed by atoms with Crippen LogP contribution in [-0.4, -0.2) is 30.3 Å². The average molecular weight is 440 g/mol. The van der Waals surface area contributed by atoms with E-state index in [1.54, 1.807) is 18.2 Å². The van der Waals surface area contributed by atoms with Gasteiger partial charge in [0.1, 0.15) is 0 Å². The van der Waals surface area contributed by atoms with Crippen LogP contribution in [0.3, 0.4) is 0 Å². The Morgan fingerprint density at radius 3 is 2.23 bits per heavy atom. The molecule has 0 saturated carbocycles. The molecule has 0 aliphatic carbocycles. The van der Waals surface area contributed by atoms with Gasteiger partial charge in [-0.2, -0.15) is 0 Å². The zero-order valence-electron chi connectivity index (χ0n) is 17.3. The van der Waals surface area contributed by atoms with Crippen LogP contribution in [0.25, 0.3) is 22.5 Å². The highest BCUT2D eigenvalue weighted by Crippen LogP contribution is 2.26. The summed E-state index contributed by atoms with van der Waals surface area (Å²) in [6, 6.07) is 16.4. The van der Waals surface area contributed by atoms with Gasteiger partial charge in [0.25, 0.3) is 15.9 Å². The summed E-state index contributed by atoms with van der Waals surface area (Å²) in [6.07, 6.45) is 0.379. The quantitative estimate of drug-likeness (QED) is 0.514. The Kier molecular flexibility index (Phi) is 6.67. The van der Waals surface area contributed by atoms with Gasteiger partial charge in [0.2, 0.25) is 5.95 Å². The monoisotopic (exact) mass is 439 g/mol. The van der Waals surface area contributed by atoms with Crippen LogP contribution in [-0.2, 0) is 14.8 Å². The fraction of sp³-hybridized carbons (Fsp3) is 0.227. The number of nitrogens with two attached hydrogens (primary N) is 2. The number of hydrogen-bond donors (Lipinski definition) is 3. The van der Waals surface area contributed by atoms with E-state index in [0.29, 0.717) is 23.4 Å². The van der Waals surface area contributed by atoms with Crippen LogP contribution in [0.5, 0.6) is 0 Å². The Bertz CT molecular complexity index is 1180. The minimum atomic E-state index is -4.10. The van der Waals surface area contributed by atoms with Crippen LogP contribution in [0, 0.1) is 5.92 Å². The Morgan fingerprint density at radius 1 is 0.968 bits per heavy atom. The second kappa shape index (κ2) is 9.23. The second-order valence-corrected chi connectivity index (χ2v) is 9.28. The third kappa shape index (κ3) is 5.65. The van der Waals surface area contributed by atoms with Crippen molar-refractivity contribution in [3.63, 3.8) is 0 Å². The van der Waals surface area contributed by atoms with Gasteiger partial charge in [-0.3, -0.25) is 4.79 Å². The third-order valence-corrected chi connectivity index (χ3v) is 5.89. The molecule has 1 atom stereocenters. The van der Waals surface area contributed by atoms with Crippen LogP contribution in [0.15, 0.2) is 65.6 Å². The normalized spacial score (nSPS) is 12.5. The van der Waals surface area contributed by atoms with E-state index in [1.807, 2.05) is 44.2 Å². The number of nitrogens with one attached hydrogen (secondary N) is 1. The van der Waals surface area contributed by atoms with E-state index in [0.717, 1.165) is 5.56 Å². The van der Waals surface area contributed by atoms with Crippen molar-refractivity contribution in [2.75, 3.05) is 5.73 Å². The average Bonchev–Trinajstić information content (AvgIpc) is 2.73. The molecule has 0 aliphatic rings. The molecule has 31 heavy (non-hydrogen) atoms. The van der Waals surface area contributed by atoms with Gasteiger partial charge in [0, 0.05) is 11.1 Å². The van der Waals surface area contributed by atoms with E-state index in [2.05, 4.69) is 14.7 Å². The summed E-state index contributed by atoms with van der Waals surface area (Å²) < 4.78 is 27.5. The predicted molar refractivity (Wildman–Crippen MR) is 120 cm³/mol. The number of rotatable bonds is 7. The molecular formula is C22H25N5O3S. The zero-order chi connectivity index (χ0) is 22.6. The fourth-order valence-corrected chi connectivity index (χ4v) is 4.15. The fourth-order valence-electron chi connectivity index (χ4n) is 3.08. The van der Waals surface area contributed by atoms with E-state index in [9.17, 15) is 13.2 Å². The minimum Gasteiger partial charge on any atom is -0.368 e. The molecule has 0 fully saturated rings. The SMILES string of the molecule is CC(C)C[C@H](N)C(=O)NS(=O)(=O)c1cccc(-c2cc(-c3ccccc3)nc(N)n2)c1. The molecule has 3 aromatic rings. The molecule has 1 aromatic heterocycles. The van der Waals surface area contributed by atoms with Crippen LogP contribution >= 0.6 is 0 Å². The Balaban J connectivity index is 1.91. The summed E-state index contributed by atoms with van der Waals surface area (Å²) in [5, 5.41) is 0. The lowest BCUT2D eigenvalue weighted by molar-refractivity contribution is -0.120. The lowest BCUT2D eigenvalue weighted by atomic mass is 10.0. The lowest BCUT2D eigenvalue weighted by Crippen LogP contribution is -2.43. The molecule has 0 aliphatic heterocycles. The van der Waals surface area contributed by atoms with Crippen molar-refractivity contribution >= 4 is 21.9 Å². The first kappa shape index (κ1) is 22.4. The van der Waals surface area contributed by atoms with Gasteiger partial charge in [-0.15, -0.1) is 0 Å². The highest BCUT2D eigenvalue weighted by atomic mass is 32.2. The number of nitrogens with zero attached hydrogens (tertiary/aromatic N) is 2. The molecule has 0 radical (unpaired) electrons. The number of hydrogen-bond acceptors (Lipinski definition) is 7. The van der Waals surface area contributed by atoms with Crippen LogP contribution in [0.2, 0.25) is 0 Å². The Labute approximate surface area is 181 Å². The van der Waals surface area contributed by atoms with Crippen molar-refractivity contribution in [1.29, 1.82) is 0 Å². The molecule has 1 amide bonds. The summed E-state index contributed by atoms with van der Waals surface area (Å²) in [6.45, 7) is 3.81. The number of carbonyl (C=O) groups excluding carboxylic acids is 1. The highest BCUT2D eigenvalue weighted by molar-refractivity contribution is 7.90. The molecule has 162 valence electrons. The standard InChI is InChI=1S/C22H25N5O3S/c1-14(2)11-18(23)21(28)27-31(29,30)17-10-6-9-16(12-17)20-13-19(25-22(24)26-20)15-7-4-3-5-8-15/h3-10,12-14,18H,11,23H2,1-2H3,(H,27,28)(H2,24,25,26)/t18-/m0/s1. The predicted octanol–water partition coefficient (Wildman–Crippen LogP) is 2.57. The van der Waals surface area contributed by atoms with Crippen molar-refractivity contribution in [2.45, 2.75) is 31.2 Å². The van der Waals surface area contributed by atoms with Crippen LogP contribution < -0.4 is 16.2 Å². The maximum absolute atomic E-state index is 12.7. The largest absolute Gasteiger partial charge is 0.368 e. The lowest BCUT2D eigenvalue weighted by Gasteiger charge is -2.14. The van der Waals surface area contributed by atoms with Crippen molar-refractivity contribution in [1.82, 2.24) is 14.7 Å². The van der Waals surface area contributed by atoms with Crippen molar-refractivity contribution in [3.8, 4) is 22.5 Å². The van der Waals surface area contributed by atoms with E-state index < -0.39 is 22.0 Å². The smallest absolute Gasteiger partial charge is 0.264 e. The van der Waals surface area contributed by atoms with Gasteiger partial charge >= 0.3 is 0 Å². The van der Waals surface area contributed by atoms with Crippen LogP contribution in [0.1, 0.15) is 20.3 Å². The van der Waals surface area contributed by atoms with Gasteiger partial charge in [-0.25, -0.2) is 23.1 Å².